The summed E-state index contributed by atoms with van der Waals surface area (Å²) >= 11 is 0. The Morgan fingerprint density at radius 1 is 1.56 bits per heavy atom. The van der Waals surface area contributed by atoms with Crippen LogP contribution in [0, 0.1) is 6.92 Å². The van der Waals surface area contributed by atoms with E-state index in [-0.39, 0.29) is 5.69 Å². The molecule has 84 valence electrons. The predicted molar refractivity (Wildman–Crippen MR) is 60.9 cm³/mol. The average Bonchev–Trinajstić information content (AvgIpc) is 2.57. The lowest BCUT2D eigenvalue weighted by Gasteiger charge is -1.99. The lowest BCUT2D eigenvalue weighted by Crippen LogP contribution is -1.97. The van der Waals surface area contributed by atoms with Crippen molar-refractivity contribution in [1.82, 2.24) is 9.38 Å². The summed E-state index contributed by atoms with van der Waals surface area (Å²) in [5, 5.41) is 9.08. The third kappa shape index (κ3) is 1.66. The SMILES string of the molecule is CCCc1nc(C(=O)O)c2cc(C)ccn12. The Morgan fingerprint density at radius 2 is 2.31 bits per heavy atom. The summed E-state index contributed by atoms with van der Waals surface area (Å²) in [7, 11) is 0. The van der Waals surface area contributed by atoms with E-state index < -0.39 is 5.97 Å². The Balaban J connectivity index is 2.71. The molecule has 1 N–H and O–H groups in total. The molecule has 2 rings (SSSR count). The number of hydrogen-bond acceptors (Lipinski definition) is 2. The van der Waals surface area contributed by atoms with Crippen molar-refractivity contribution in [2.75, 3.05) is 0 Å². The molecule has 0 saturated heterocycles. The van der Waals surface area contributed by atoms with E-state index in [0.717, 1.165) is 24.2 Å². The molecular weight excluding hydrogens is 204 g/mol. The molecule has 0 aliphatic rings. The van der Waals surface area contributed by atoms with E-state index in [0.29, 0.717) is 5.52 Å². The molecule has 0 aromatic carbocycles. The van der Waals surface area contributed by atoms with Crippen LogP contribution >= 0.6 is 0 Å². The van der Waals surface area contributed by atoms with Gasteiger partial charge in [0.05, 0.1) is 5.52 Å². The number of rotatable bonds is 3. The van der Waals surface area contributed by atoms with Gasteiger partial charge >= 0.3 is 5.97 Å². The van der Waals surface area contributed by atoms with Crippen LogP contribution < -0.4 is 0 Å². The Hall–Kier alpha value is -1.84. The molecule has 4 heteroatoms. The highest BCUT2D eigenvalue weighted by Gasteiger charge is 2.15. The second-order valence-electron chi connectivity index (χ2n) is 3.89. The fourth-order valence-corrected chi connectivity index (χ4v) is 1.81. The van der Waals surface area contributed by atoms with E-state index in [1.807, 2.05) is 29.7 Å². The zero-order valence-electron chi connectivity index (χ0n) is 9.40. The van der Waals surface area contributed by atoms with Crippen LogP contribution in [0.25, 0.3) is 5.52 Å². The molecule has 2 heterocycles. The summed E-state index contributed by atoms with van der Waals surface area (Å²) in [4.78, 5) is 15.3. The molecule has 0 amide bonds. The fraction of sp³-hybridized carbons (Fsp3) is 0.333. The average molecular weight is 218 g/mol. The maximum atomic E-state index is 11.1. The monoisotopic (exact) mass is 218 g/mol. The van der Waals surface area contributed by atoms with Crippen molar-refractivity contribution < 1.29 is 9.90 Å². The van der Waals surface area contributed by atoms with Gasteiger partial charge in [-0.3, -0.25) is 0 Å². The molecule has 0 fully saturated rings. The van der Waals surface area contributed by atoms with E-state index in [9.17, 15) is 4.79 Å². The summed E-state index contributed by atoms with van der Waals surface area (Å²) in [6, 6.07) is 3.81. The van der Waals surface area contributed by atoms with Crippen molar-refractivity contribution in [3.8, 4) is 0 Å². The van der Waals surface area contributed by atoms with Gasteiger partial charge in [0, 0.05) is 12.6 Å². The second kappa shape index (κ2) is 3.96. The molecule has 2 aromatic rings. The summed E-state index contributed by atoms with van der Waals surface area (Å²) in [5.41, 5.74) is 1.86. The van der Waals surface area contributed by atoms with Gasteiger partial charge in [0.25, 0.3) is 0 Å². The molecule has 0 radical (unpaired) electrons. The van der Waals surface area contributed by atoms with Gasteiger partial charge in [0.1, 0.15) is 5.82 Å². The van der Waals surface area contributed by atoms with Crippen LogP contribution in [0.4, 0.5) is 0 Å². The maximum Gasteiger partial charge on any atom is 0.356 e. The smallest absolute Gasteiger partial charge is 0.356 e. The lowest BCUT2D eigenvalue weighted by molar-refractivity contribution is 0.0693. The highest BCUT2D eigenvalue weighted by atomic mass is 16.4. The number of imidazole rings is 1. The number of carboxylic acids is 1. The number of carbonyl (C=O) groups is 1. The molecule has 0 bridgehead atoms. The Kier molecular flexibility index (Phi) is 2.64. The predicted octanol–water partition coefficient (Wildman–Crippen LogP) is 2.29. The molecule has 0 atom stereocenters. The van der Waals surface area contributed by atoms with E-state index >= 15 is 0 Å². The van der Waals surface area contributed by atoms with Gasteiger partial charge in [-0.2, -0.15) is 0 Å². The molecule has 0 saturated carbocycles. The van der Waals surface area contributed by atoms with Gasteiger partial charge in [0.2, 0.25) is 0 Å². The second-order valence-corrected chi connectivity index (χ2v) is 3.89. The Labute approximate surface area is 93.5 Å². The first-order valence-electron chi connectivity index (χ1n) is 5.34. The van der Waals surface area contributed by atoms with Crippen molar-refractivity contribution in [2.24, 2.45) is 0 Å². The summed E-state index contributed by atoms with van der Waals surface area (Å²) in [6.07, 6.45) is 3.62. The minimum atomic E-state index is -0.967. The number of fused-ring (bicyclic) bond motifs is 1. The maximum absolute atomic E-state index is 11.1. The van der Waals surface area contributed by atoms with E-state index in [1.165, 1.54) is 0 Å². The van der Waals surface area contributed by atoms with Gasteiger partial charge in [-0.15, -0.1) is 0 Å². The van der Waals surface area contributed by atoms with Crippen LogP contribution in [0.15, 0.2) is 18.3 Å². The molecule has 4 nitrogen and oxygen atoms in total. The number of aryl methyl sites for hydroxylation is 2. The molecule has 0 unspecified atom stereocenters. The quantitative estimate of drug-likeness (QED) is 0.859. The van der Waals surface area contributed by atoms with Crippen molar-refractivity contribution >= 4 is 11.5 Å². The molecule has 0 spiro atoms. The van der Waals surface area contributed by atoms with Gasteiger partial charge in [0.15, 0.2) is 5.69 Å². The van der Waals surface area contributed by atoms with E-state index in [2.05, 4.69) is 11.9 Å². The van der Waals surface area contributed by atoms with E-state index in [1.54, 1.807) is 0 Å². The first-order valence-corrected chi connectivity index (χ1v) is 5.34. The van der Waals surface area contributed by atoms with Crippen molar-refractivity contribution in [3.63, 3.8) is 0 Å². The number of hydrogen-bond donors (Lipinski definition) is 1. The number of aromatic nitrogens is 2. The highest BCUT2D eigenvalue weighted by molar-refractivity contribution is 5.93. The van der Waals surface area contributed by atoms with Crippen molar-refractivity contribution in [3.05, 3.63) is 35.4 Å². The normalized spacial score (nSPS) is 10.9. The van der Waals surface area contributed by atoms with Gasteiger partial charge < -0.3 is 9.51 Å². The Morgan fingerprint density at radius 3 is 2.94 bits per heavy atom. The third-order valence-corrected chi connectivity index (χ3v) is 2.55. The van der Waals surface area contributed by atoms with Crippen LogP contribution in [-0.4, -0.2) is 20.5 Å². The topological polar surface area (TPSA) is 54.6 Å². The van der Waals surface area contributed by atoms with E-state index in [4.69, 9.17) is 5.11 Å². The standard InChI is InChI=1S/C12H14N2O2/c1-3-4-10-13-11(12(15)16)9-7-8(2)5-6-14(9)10/h5-7H,3-4H2,1-2H3,(H,15,16). The zero-order chi connectivity index (χ0) is 11.7. The van der Waals surface area contributed by atoms with Crippen LogP contribution in [0.3, 0.4) is 0 Å². The fourth-order valence-electron chi connectivity index (χ4n) is 1.81. The first kappa shape index (κ1) is 10.7. The van der Waals surface area contributed by atoms with Crippen LogP contribution in [0.2, 0.25) is 0 Å². The van der Waals surface area contributed by atoms with Gasteiger partial charge in [-0.25, -0.2) is 9.78 Å². The Bertz CT molecular complexity index is 543. The van der Waals surface area contributed by atoms with Crippen LogP contribution in [0.5, 0.6) is 0 Å². The molecule has 0 aliphatic carbocycles. The van der Waals surface area contributed by atoms with Gasteiger partial charge in [-0.05, 0) is 31.0 Å². The third-order valence-electron chi connectivity index (χ3n) is 2.55. The van der Waals surface area contributed by atoms with Crippen LogP contribution in [0.1, 0.15) is 35.2 Å². The van der Waals surface area contributed by atoms with Gasteiger partial charge in [-0.1, -0.05) is 6.92 Å². The lowest BCUT2D eigenvalue weighted by atomic mass is 10.2. The minimum Gasteiger partial charge on any atom is -0.476 e. The van der Waals surface area contributed by atoms with Crippen molar-refractivity contribution in [2.45, 2.75) is 26.7 Å². The molecule has 0 aliphatic heterocycles. The largest absolute Gasteiger partial charge is 0.476 e. The zero-order valence-corrected chi connectivity index (χ0v) is 9.40. The molecule has 16 heavy (non-hydrogen) atoms. The first-order chi connectivity index (χ1) is 7.63. The van der Waals surface area contributed by atoms with Crippen molar-refractivity contribution in [1.29, 1.82) is 0 Å². The minimum absolute atomic E-state index is 0.146. The highest BCUT2D eigenvalue weighted by Crippen LogP contribution is 2.16. The molecule has 2 aromatic heterocycles. The number of nitrogens with zero attached hydrogens (tertiary/aromatic N) is 2. The summed E-state index contributed by atoms with van der Waals surface area (Å²) in [5.74, 6) is -0.152. The number of pyridine rings is 1. The number of carboxylic acid groups (broad SMARTS) is 1. The summed E-state index contributed by atoms with van der Waals surface area (Å²) in [6.45, 7) is 3.99. The molecular formula is C12H14N2O2. The number of aromatic carboxylic acids is 1. The summed E-state index contributed by atoms with van der Waals surface area (Å²) < 4.78 is 1.86. The van der Waals surface area contributed by atoms with Crippen LogP contribution in [-0.2, 0) is 6.42 Å².